The zero-order valence-corrected chi connectivity index (χ0v) is 11.9. The van der Waals surface area contributed by atoms with Gasteiger partial charge in [0.25, 0.3) is 0 Å². The van der Waals surface area contributed by atoms with E-state index in [-0.39, 0.29) is 6.29 Å². The molecule has 6 heteroatoms. The summed E-state index contributed by atoms with van der Waals surface area (Å²) in [5.74, 6) is 0.579. The fourth-order valence-electron chi connectivity index (χ4n) is 2.47. The molecule has 0 bridgehead atoms. The van der Waals surface area contributed by atoms with Crippen molar-refractivity contribution in [3.05, 3.63) is 29.5 Å². The van der Waals surface area contributed by atoms with Gasteiger partial charge in [0.1, 0.15) is 0 Å². The van der Waals surface area contributed by atoms with E-state index in [9.17, 15) is 4.79 Å². The van der Waals surface area contributed by atoms with Crippen molar-refractivity contribution >= 4 is 11.8 Å². The third-order valence-corrected chi connectivity index (χ3v) is 3.56. The highest BCUT2D eigenvalue weighted by atomic mass is 16.7. The van der Waals surface area contributed by atoms with Crippen LogP contribution in [0.15, 0.2) is 18.2 Å². The molecule has 1 atom stereocenters. The van der Waals surface area contributed by atoms with Crippen LogP contribution < -0.4 is 4.74 Å². The summed E-state index contributed by atoms with van der Waals surface area (Å²) in [5, 5.41) is 4.43. The van der Waals surface area contributed by atoms with E-state index in [4.69, 9.17) is 14.2 Å². The normalized spacial score (nSPS) is 18.8. The Morgan fingerprint density at radius 3 is 3.10 bits per heavy atom. The first kappa shape index (κ1) is 14.0. The average Bonchev–Trinajstić information content (AvgIpc) is 2.97. The van der Waals surface area contributed by atoms with E-state index in [1.807, 2.05) is 6.07 Å². The largest absolute Gasteiger partial charge is 0.481 e. The Morgan fingerprint density at radius 2 is 2.38 bits per heavy atom. The molecule has 1 unspecified atom stereocenters. The summed E-state index contributed by atoms with van der Waals surface area (Å²) in [5.41, 5.74) is 2.03. The van der Waals surface area contributed by atoms with Crippen LogP contribution in [0, 0.1) is 0 Å². The smallest absolute Gasteiger partial charge is 0.214 e. The average molecular weight is 290 g/mol. The Bertz CT molecular complexity index is 632. The van der Waals surface area contributed by atoms with Crippen LogP contribution in [0.3, 0.4) is 0 Å². The van der Waals surface area contributed by atoms with Gasteiger partial charge in [-0.2, -0.15) is 5.10 Å². The predicted octanol–water partition coefficient (Wildman–Crippen LogP) is 2.20. The SMILES string of the molecule is COc1ccc(C=O)c2cc(COC3CCCCO3)nn12. The number of aldehydes is 1. The lowest BCUT2D eigenvalue weighted by molar-refractivity contribution is -0.169. The molecule has 0 spiro atoms. The van der Waals surface area contributed by atoms with Crippen LogP contribution >= 0.6 is 0 Å². The number of rotatable bonds is 5. The van der Waals surface area contributed by atoms with Crippen molar-refractivity contribution in [2.75, 3.05) is 13.7 Å². The van der Waals surface area contributed by atoms with E-state index in [0.29, 0.717) is 23.6 Å². The minimum Gasteiger partial charge on any atom is -0.481 e. The maximum Gasteiger partial charge on any atom is 0.214 e. The third-order valence-electron chi connectivity index (χ3n) is 3.56. The number of fused-ring (bicyclic) bond motifs is 1. The van der Waals surface area contributed by atoms with Gasteiger partial charge in [0, 0.05) is 18.2 Å². The molecule has 1 aliphatic rings. The van der Waals surface area contributed by atoms with Crippen molar-refractivity contribution in [3.8, 4) is 5.88 Å². The summed E-state index contributed by atoms with van der Waals surface area (Å²) in [7, 11) is 1.57. The van der Waals surface area contributed by atoms with Crippen LogP contribution in [0.1, 0.15) is 35.3 Å². The van der Waals surface area contributed by atoms with Gasteiger partial charge in [-0.15, -0.1) is 0 Å². The van der Waals surface area contributed by atoms with E-state index in [2.05, 4.69) is 5.10 Å². The summed E-state index contributed by atoms with van der Waals surface area (Å²) in [6.07, 6.45) is 3.78. The fourth-order valence-corrected chi connectivity index (χ4v) is 2.47. The topological polar surface area (TPSA) is 62.1 Å². The molecule has 0 radical (unpaired) electrons. The van der Waals surface area contributed by atoms with E-state index in [1.165, 1.54) is 0 Å². The number of hydrogen-bond acceptors (Lipinski definition) is 5. The molecule has 0 N–H and O–H groups in total. The summed E-state index contributed by atoms with van der Waals surface area (Å²) < 4.78 is 18.1. The molecule has 0 saturated carbocycles. The second-order valence-corrected chi connectivity index (χ2v) is 4.99. The molecule has 6 nitrogen and oxygen atoms in total. The van der Waals surface area contributed by atoms with Crippen LogP contribution in [0.2, 0.25) is 0 Å². The maximum atomic E-state index is 11.1. The Kier molecular flexibility index (Phi) is 4.17. The highest BCUT2D eigenvalue weighted by molar-refractivity contribution is 5.86. The molecule has 1 aliphatic heterocycles. The highest BCUT2D eigenvalue weighted by Gasteiger charge is 2.16. The second-order valence-electron chi connectivity index (χ2n) is 4.99. The number of pyridine rings is 1. The quantitative estimate of drug-likeness (QED) is 0.790. The summed E-state index contributed by atoms with van der Waals surface area (Å²) >= 11 is 0. The fraction of sp³-hybridized carbons (Fsp3) is 0.467. The lowest BCUT2D eigenvalue weighted by atomic mass is 10.2. The number of hydrogen-bond donors (Lipinski definition) is 0. The summed E-state index contributed by atoms with van der Waals surface area (Å²) in [6.45, 7) is 1.10. The van der Waals surface area contributed by atoms with E-state index < -0.39 is 0 Å². The van der Waals surface area contributed by atoms with Crippen LogP contribution in [-0.4, -0.2) is 35.9 Å². The monoisotopic (exact) mass is 290 g/mol. The van der Waals surface area contributed by atoms with Crippen molar-refractivity contribution in [1.29, 1.82) is 0 Å². The summed E-state index contributed by atoms with van der Waals surface area (Å²) in [6, 6.07) is 5.28. The molecule has 3 heterocycles. The van der Waals surface area contributed by atoms with Gasteiger partial charge in [0.05, 0.1) is 24.9 Å². The van der Waals surface area contributed by atoms with Gasteiger partial charge in [0.15, 0.2) is 12.6 Å². The number of carbonyl (C=O) groups is 1. The van der Waals surface area contributed by atoms with Gasteiger partial charge >= 0.3 is 0 Å². The van der Waals surface area contributed by atoms with Crippen LogP contribution in [0.25, 0.3) is 5.52 Å². The first-order valence-electron chi connectivity index (χ1n) is 7.06. The van der Waals surface area contributed by atoms with Crippen LogP contribution in [-0.2, 0) is 16.1 Å². The van der Waals surface area contributed by atoms with Crippen LogP contribution in [0.5, 0.6) is 5.88 Å². The van der Waals surface area contributed by atoms with Crippen molar-refractivity contribution in [1.82, 2.24) is 9.61 Å². The first-order chi connectivity index (χ1) is 10.3. The van der Waals surface area contributed by atoms with Gasteiger partial charge < -0.3 is 14.2 Å². The van der Waals surface area contributed by atoms with Crippen molar-refractivity contribution in [2.45, 2.75) is 32.2 Å². The van der Waals surface area contributed by atoms with Gasteiger partial charge in [0.2, 0.25) is 5.88 Å². The Hall–Kier alpha value is -1.92. The van der Waals surface area contributed by atoms with Crippen molar-refractivity contribution in [3.63, 3.8) is 0 Å². The Labute approximate surface area is 122 Å². The maximum absolute atomic E-state index is 11.1. The van der Waals surface area contributed by atoms with Gasteiger partial charge in [-0.25, -0.2) is 4.52 Å². The zero-order valence-electron chi connectivity index (χ0n) is 11.9. The molecule has 1 saturated heterocycles. The molecular weight excluding hydrogens is 272 g/mol. The summed E-state index contributed by atoms with van der Waals surface area (Å²) in [4.78, 5) is 11.1. The predicted molar refractivity (Wildman–Crippen MR) is 75.5 cm³/mol. The molecule has 3 rings (SSSR count). The molecular formula is C15H18N2O4. The first-order valence-corrected chi connectivity index (χ1v) is 7.06. The molecule has 1 fully saturated rings. The molecule has 112 valence electrons. The molecule has 2 aromatic rings. The molecule has 0 amide bonds. The van der Waals surface area contributed by atoms with Gasteiger partial charge in [-0.3, -0.25) is 4.79 Å². The van der Waals surface area contributed by atoms with Crippen molar-refractivity contribution in [2.24, 2.45) is 0 Å². The number of nitrogens with zero attached hydrogens (tertiary/aromatic N) is 2. The lowest BCUT2D eigenvalue weighted by Gasteiger charge is -2.22. The zero-order chi connectivity index (χ0) is 14.7. The number of ether oxygens (including phenoxy) is 3. The standard InChI is InChI=1S/C15H18N2O4/c1-19-14-6-5-11(9-18)13-8-12(16-17(13)14)10-21-15-4-2-3-7-20-15/h5-6,8-9,15H,2-4,7,10H2,1H3. The Morgan fingerprint density at radius 1 is 1.48 bits per heavy atom. The highest BCUT2D eigenvalue weighted by Crippen LogP contribution is 2.20. The Balaban J connectivity index is 1.81. The van der Waals surface area contributed by atoms with Gasteiger partial charge in [-0.05, 0) is 31.4 Å². The second kappa shape index (κ2) is 6.24. The number of methoxy groups -OCH3 is 1. The third kappa shape index (κ3) is 2.91. The molecule has 0 aromatic carbocycles. The minimum atomic E-state index is -0.156. The minimum absolute atomic E-state index is 0.156. The number of carbonyl (C=O) groups excluding carboxylic acids is 1. The number of aromatic nitrogens is 2. The van der Waals surface area contributed by atoms with E-state index in [0.717, 1.165) is 37.8 Å². The molecule has 21 heavy (non-hydrogen) atoms. The molecule has 2 aromatic heterocycles. The van der Waals surface area contributed by atoms with Crippen LogP contribution in [0.4, 0.5) is 0 Å². The molecule has 0 aliphatic carbocycles. The van der Waals surface area contributed by atoms with E-state index in [1.54, 1.807) is 23.8 Å². The van der Waals surface area contributed by atoms with E-state index >= 15 is 0 Å². The van der Waals surface area contributed by atoms with Crippen molar-refractivity contribution < 1.29 is 19.0 Å². The van der Waals surface area contributed by atoms with Gasteiger partial charge in [-0.1, -0.05) is 0 Å². The lowest BCUT2D eigenvalue weighted by Crippen LogP contribution is -2.22.